The maximum atomic E-state index is 13.0. The smallest absolute Gasteiger partial charge is 0.371 e. The molecule has 0 amide bonds. The Morgan fingerprint density at radius 1 is 1.35 bits per heavy atom. The Morgan fingerprint density at radius 3 is 2.76 bits per heavy atom. The summed E-state index contributed by atoms with van der Waals surface area (Å²) in [5.74, 6) is -1.67. The van der Waals surface area contributed by atoms with Gasteiger partial charge in [0.1, 0.15) is 5.82 Å². The highest BCUT2D eigenvalue weighted by Crippen LogP contribution is 2.27. The van der Waals surface area contributed by atoms with Gasteiger partial charge in [-0.3, -0.25) is 0 Å². The fraction of sp³-hybridized carbons (Fsp3) is 0. The Hall–Kier alpha value is -2.01. The minimum atomic E-state index is -1.18. The number of halogens is 2. The SMILES string of the molecule is O=C(O)c1ccc(Nc2cc(F)ccc2Cl)o1. The Morgan fingerprint density at radius 2 is 2.12 bits per heavy atom. The monoisotopic (exact) mass is 255 g/mol. The van der Waals surface area contributed by atoms with E-state index in [-0.39, 0.29) is 11.6 Å². The van der Waals surface area contributed by atoms with E-state index in [0.29, 0.717) is 10.7 Å². The van der Waals surface area contributed by atoms with Gasteiger partial charge in [-0.2, -0.15) is 0 Å². The lowest BCUT2D eigenvalue weighted by Gasteiger charge is -2.04. The van der Waals surface area contributed by atoms with Gasteiger partial charge in [-0.1, -0.05) is 11.6 Å². The molecular formula is C11H7ClFNO3. The van der Waals surface area contributed by atoms with Crippen LogP contribution in [0.5, 0.6) is 0 Å². The van der Waals surface area contributed by atoms with Gasteiger partial charge in [0.15, 0.2) is 5.88 Å². The Balaban J connectivity index is 2.25. The van der Waals surface area contributed by atoms with Gasteiger partial charge in [0.05, 0.1) is 10.7 Å². The van der Waals surface area contributed by atoms with Crippen molar-refractivity contribution in [3.05, 3.63) is 46.9 Å². The first-order valence-corrected chi connectivity index (χ1v) is 4.99. The molecule has 4 nitrogen and oxygen atoms in total. The third kappa shape index (κ3) is 2.57. The summed E-state index contributed by atoms with van der Waals surface area (Å²) in [6.07, 6.45) is 0. The summed E-state index contributed by atoms with van der Waals surface area (Å²) in [5, 5.41) is 11.6. The third-order valence-corrected chi connectivity index (χ3v) is 2.33. The Labute approximate surface area is 101 Å². The van der Waals surface area contributed by atoms with E-state index in [9.17, 15) is 9.18 Å². The maximum absolute atomic E-state index is 13.0. The van der Waals surface area contributed by atoms with E-state index in [1.165, 1.54) is 30.3 Å². The molecule has 6 heteroatoms. The van der Waals surface area contributed by atoms with Crippen LogP contribution in [-0.2, 0) is 0 Å². The second-order valence-corrected chi connectivity index (χ2v) is 3.63. The molecule has 0 saturated carbocycles. The Bertz CT molecular complexity index is 568. The molecule has 0 saturated heterocycles. The van der Waals surface area contributed by atoms with Crippen molar-refractivity contribution >= 4 is 29.1 Å². The number of hydrogen-bond donors (Lipinski definition) is 2. The fourth-order valence-corrected chi connectivity index (χ4v) is 1.41. The van der Waals surface area contributed by atoms with E-state index in [2.05, 4.69) is 5.32 Å². The predicted molar refractivity (Wildman–Crippen MR) is 60.4 cm³/mol. The molecule has 0 aliphatic heterocycles. The van der Waals surface area contributed by atoms with Crippen molar-refractivity contribution < 1.29 is 18.7 Å². The molecule has 0 unspecified atom stereocenters. The first-order valence-electron chi connectivity index (χ1n) is 4.61. The molecule has 2 N–H and O–H groups in total. The summed E-state index contributed by atoms with van der Waals surface area (Å²) in [6.45, 7) is 0. The van der Waals surface area contributed by atoms with Crippen molar-refractivity contribution in [2.75, 3.05) is 5.32 Å². The van der Waals surface area contributed by atoms with Gasteiger partial charge in [-0.15, -0.1) is 0 Å². The van der Waals surface area contributed by atoms with Crippen LogP contribution in [0.1, 0.15) is 10.6 Å². The van der Waals surface area contributed by atoms with Crippen molar-refractivity contribution in [1.82, 2.24) is 0 Å². The number of nitrogens with one attached hydrogen (secondary N) is 1. The van der Waals surface area contributed by atoms with E-state index in [0.717, 1.165) is 0 Å². The molecule has 0 fully saturated rings. The summed E-state index contributed by atoms with van der Waals surface area (Å²) >= 11 is 5.83. The standard InChI is InChI=1S/C11H7ClFNO3/c12-7-2-1-6(13)5-8(7)14-10-4-3-9(17-10)11(15)16/h1-5,14H,(H,15,16). The molecule has 0 atom stereocenters. The second-order valence-electron chi connectivity index (χ2n) is 3.22. The second kappa shape index (κ2) is 4.47. The van der Waals surface area contributed by atoms with Crippen molar-refractivity contribution in [3.8, 4) is 0 Å². The van der Waals surface area contributed by atoms with E-state index < -0.39 is 11.8 Å². The summed E-state index contributed by atoms with van der Waals surface area (Å²) in [6, 6.07) is 6.51. The minimum absolute atomic E-state index is 0.176. The number of benzene rings is 1. The summed E-state index contributed by atoms with van der Waals surface area (Å²) < 4.78 is 17.9. The van der Waals surface area contributed by atoms with E-state index >= 15 is 0 Å². The predicted octanol–water partition coefficient (Wildman–Crippen LogP) is 3.51. The van der Waals surface area contributed by atoms with E-state index in [1.54, 1.807) is 0 Å². The highest BCUT2D eigenvalue weighted by molar-refractivity contribution is 6.33. The van der Waals surface area contributed by atoms with Gasteiger partial charge in [0, 0.05) is 6.07 Å². The molecule has 17 heavy (non-hydrogen) atoms. The average Bonchev–Trinajstić information content (AvgIpc) is 2.72. The minimum Gasteiger partial charge on any atom is -0.475 e. The number of carboxylic acid groups (broad SMARTS) is 1. The van der Waals surface area contributed by atoms with Crippen molar-refractivity contribution in [2.45, 2.75) is 0 Å². The molecule has 0 radical (unpaired) electrons. The number of carbonyl (C=O) groups is 1. The molecule has 0 spiro atoms. The van der Waals surface area contributed by atoms with Gasteiger partial charge in [0.2, 0.25) is 5.76 Å². The average molecular weight is 256 g/mol. The highest BCUT2D eigenvalue weighted by Gasteiger charge is 2.10. The molecule has 1 aromatic heterocycles. The largest absolute Gasteiger partial charge is 0.475 e. The van der Waals surface area contributed by atoms with Crippen molar-refractivity contribution in [3.63, 3.8) is 0 Å². The van der Waals surface area contributed by atoms with Crippen LogP contribution in [0.15, 0.2) is 34.7 Å². The van der Waals surface area contributed by atoms with Crippen molar-refractivity contribution in [2.24, 2.45) is 0 Å². The molecule has 1 heterocycles. The quantitative estimate of drug-likeness (QED) is 0.881. The number of aromatic carboxylic acids is 1. The van der Waals surface area contributed by atoms with E-state index in [1.807, 2.05) is 0 Å². The number of carboxylic acids is 1. The van der Waals surface area contributed by atoms with Gasteiger partial charge in [-0.05, 0) is 24.3 Å². The molecular weight excluding hydrogens is 249 g/mol. The molecule has 2 aromatic rings. The van der Waals surface area contributed by atoms with E-state index in [4.69, 9.17) is 21.1 Å². The molecule has 0 aliphatic carbocycles. The molecule has 88 valence electrons. The maximum Gasteiger partial charge on any atom is 0.371 e. The number of hydrogen-bond acceptors (Lipinski definition) is 3. The summed E-state index contributed by atoms with van der Waals surface area (Å²) in [7, 11) is 0. The number of rotatable bonds is 3. The summed E-state index contributed by atoms with van der Waals surface area (Å²) in [5.41, 5.74) is 0.304. The van der Waals surface area contributed by atoms with Crippen LogP contribution in [-0.4, -0.2) is 11.1 Å². The van der Waals surface area contributed by atoms with Crippen LogP contribution >= 0.6 is 11.6 Å². The first-order chi connectivity index (χ1) is 8.06. The van der Waals surface area contributed by atoms with Gasteiger partial charge in [0.25, 0.3) is 0 Å². The van der Waals surface area contributed by atoms with Gasteiger partial charge >= 0.3 is 5.97 Å². The van der Waals surface area contributed by atoms with Crippen LogP contribution in [0.2, 0.25) is 5.02 Å². The first kappa shape index (κ1) is 11.5. The van der Waals surface area contributed by atoms with Gasteiger partial charge < -0.3 is 14.8 Å². The van der Waals surface area contributed by atoms with Crippen molar-refractivity contribution in [1.29, 1.82) is 0 Å². The van der Waals surface area contributed by atoms with Crippen LogP contribution < -0.4 is 5.32 Å². The normalized spacial score (nSPS) is 10.2. The number of furan rings is 1. The molecule has 0 aliphatic rings. The number of anilines is 2. The summed E-state index contributed by atoms with van der Waals surface area (Å²) in [4.78, 5) is 10.6. The fourth-order valence-electron chi connectivity index (χ4n) is 1.25. The lowest BCUT2D eigenvalue weighted by Crippen LogP contribution is -1.93. The third-order valence-electron chi connectivity index (χ3n) is 2.00. The van der Waals surface area contributed by atoms with Crippen LogP contribution in [0, 0.1) is 5.82 Å². The topological polar surface area (TPSA) is 62.5 Å². The highest BCUT2D eigenvalue weighted by atomic mass is 35.5. The Kier molecular flexibility index (Phi) is 3.01. The lowest BCUT2D eigenvalue weighted by atomic mass is 10.3. The molecule has 2 rings (SSSR count). The zero-order valence-electron chi connectivity index (χ0n) is 8.41. The zero-order valence-corrected chi connectivity index (χ0v) is 9.16. The molecule has 0 bridgehead atoms. The van der Waals surface area contributed by atoms with Gasteiger partial charge in [-0.25, -0.2) is 9.18 Å². The molecule has 1 aromatic carbocycles. The van der Waals surface area contributed by atoms with Crippen LogP contribution in [0.3, 0.4) is 0 Å². The van der Waals surface area contributed by atoms with Crippen LogP contribution in [0.25, 0.3) is 0 Å². The zero-order chi connectivity index (χ0) is 12.4. The van der Waals surface area contributed by atoms with Crippen LogP contribution in [0.4, 0.5) is 16.0 Å². The lowest BCUT2D eigenvalue weighted by molar-refractivity contribution is 0.0663.